The second-order valence-electron chi connectivity index (χ2n) is 8.99. The Labute approximate surface area is 149 Å². The minimum Gasteiger partial charge on any atom is -0.392 e. The topological polar surface area (TPSA) is 98.0 Å². The van der Waals surface area contributed by atoms with E-state index in [1.54, 1.807) is 19.1 Å². The molecule has 0 aromatic rings. The average molecular weight is 350 g/mol. The molecule has 3 rings (SSSR count). The van der Waals surface area contributed by atoms with Gasteiger partial charge < -0.3 is 20.4 Å². The summed E-state index contributed by atoms with van der Waals surface area (Å²) in [6.07, 6.45) is 1.17. The maximum Gasteiger partial charge on any atom is 0.153 e. The number of fused-ring (bicyclic) bond motifs is 1. The molecule has 3 aliphatic rings. The normalized spacial score (nSPS) is 49.0. The molecule has 140 valence electrons. The van der Waals surface area contributed by atoms with Crippen molar-refractivity contribution in [1.29, 1.82) is 0 Å². The summed E-state index contributed by atoms with van der Waals surface area (Å²) >= 11 is 0. The summed E-state index contributed by atoms with van der Waals surface area (Å²) in [4.78, 5) is 13.8. The molecule has 25 heavy (non-hydrogen) atoms. The molecule has 5 nitrogen and oxygen atoms in total. The number of hydrogen-bond donors (Lipinski definition) is 4. The lowest BCUT2D eigenvalue weighted by Gasteiger charge is -2.47. The van der Waals surface area contributed by atoms with E-state index in [4.69, 9.17) is 0 Å². The quantitative estimate of drug-likeness (QED) is 0.533. The lowest BCUT2D eigenvalue weighted by Crippen LogP contribution is -2.65. The molecule has 0 aromatic heterocycles. The molecule has 1 saturated carbocycles. The highest BCUT2D eigenvalue weighted by Gasteiger charge is 2.71. The van der Waals surface area contributed by atoms with Gasteiger partial charge in [0, 0.05) is 5.92 Å². The van der Waals surface area contributed by atoms with E-state index in [9.17, 15) is 25.2 Å². The van der Waals surface area contributed by atoms with Crippen molar-refractivity contribution in [3.05, 3.63) is 23.3 Å². The van der Waals surface area contributed by atoms with Gasteiger partial charge in [0.25, 0.3) is 0 Å². The molecular weight excluding hydrogens is 320 g/mol. The molecule has 0 amide bonds. The number of rotatable bonds is 1. The van der Waals surface area contributed by atoms with Crippen LogP contribution in [0.3, 0.4) is 0 Å². The molecule has 1 fully saturated rings. The standard InChI is InChI=1S/C20H30O5/c1-10-8-19-12(3)6-11(2)18(4,5)14(17(19)24)7-13(9-21)16(23)20(19,25)15(10)22/h7-8,11-12,14-16,21-23,25H,6,9H2,1-5H3/t11-,12?,14?,15-,16+,19?,20+/m0/s1. The maximum atomic E-state index is 13.8. The minimum absolute atomic E-state index is 0.171. The highest BCUT2D eigenvalue weighted by Crippen LogP contribution is 2.61. The Kier molecular flexibility index (Phi) is 4.12. The van der Waals surface area contributed by atoms with Gasteiger partial charge >= 0.3 is 0 Å². The number of allylic oxidation sites excluding steroid dienone is 1. The van der Waals surface area contributed by atoms with Gasteiger partial charge in [-0.1, -0.05) is 39.8 Å². The highest BCUT2D eigenvalue weighted by molar-refractivity contribution is 5.95. The smallest absolute Gasteiger partial charge is 0.153 e. The molecule has 1 spiro atoms. The Morgan fingerprint density at radius 3 is 2.32 bits per heavy atom. The summed E-state index contributed by atoms with van der Waals surface area (Å²) in [5.41, 5.74) is -3.12. The number of carbonyl (C=O) groups excluding carboxylic acids is 1. The molecule has 0 aliphatic heterocycles. The van der Waals surface area contributed by atoms with Crippen molar-refractivity contribution in [2.45, 2.75) is 58.8 Å². The van der Waals surface area contributed by atoms with Gasteiger partial charge in [0.15, 0.2) is 5.78 Å². The fourth-order valence-corrected chi connectivity index (χ4v) is 5.49. The summed E-state index contributed by atoms with van der Waals surface area (Å²) in [6, 6.07) is 0. The van der Waals surface area contributed by atoms with Crippen molar-refractivity contribution in [1.82, 2.24) is 0 Å². The van der Waals surface area contributed by atoms with Crippen molar-refractivity contribution in [2.24, 2.45) is 28.6 Å². The highest BCUT2D eigenvalue weighted by atomic mass is 16.4. The third kappa shape index (κ3) is 2.01. The van der Waals surface area contributed by atoms with Crippen LogP contribution < -0.4 is 0 Å². The van der Waals surface area contributed by atoms with Gasteiger partial charge in [0.1, 0.15) is 17.8 Å². The molecule has 0 saturated heterocycles. The van der Waals surface area contributed by atoms with Crippen LogP contribution >= 0.6 is 0 Å². The van der Waals surface area contributed by atoms with E-state index in [0.717, 1.165) is 0 Å². The van der Waals surface area contributed by atoms with Crippen LogP contribution in [0.2, 0.25) is 0 Å². The molecule has 7 atom stereocenters. The summed E-state index contributed by atoms with van der Waals surface area (Å²) in [6.45, 7) is 9.27. The van der Waals surface area contributed by atoms with Crippen molar-refractivity contribution in [3.8, 4) is 0 Å². The lowest BCUT2D eigenvalue weighted by molar-refractivity contribution is -0.189. The van der Waals surface area contributed by atoms with E-state index >= 15 is 0 Å². The van der Waals surface area contributed by atoms with E-state index in [-0.39, 0.29) is 23.2 Å². The van der Waals surface area contributed by atoms with Crippen LogP contribution in [0.5, 0.6) is 0 Å². The lowest BCUT2D eigenvalue weighted by atomic mass is 9.59. The SMILES string of the molecule is CC1=CC23C(=O)C(C=C(CO)[C@@H](O)[C@]2(O)[C@H]1O)C(C)(C)[C@@H](C)CC3C. The largest absolute Gasteiger partial charge is 0.392 e. The molecule has 0 aromatic carbocycles. The molecule has 5 heteroatoms. The third-order valence-corrected chi connectivity index (χ3v) is 7.54. The zero-order chi connectivity index (χ0) is 18.9. The average Bonchev–Trinajstić information content (AvgIpc) is 2.69. The van der Waals surface area contributed by atoms with E-state index in [1.807, 2.05) is 20.8 Å². The van der Waals surface area contributed by atoms with E-state index in [1.165, 1.54) is 0 Å². The van der Waals surface area contributed by atoms with Gasteiger partial charge in [0.2, 0.25) is 0 Å². The summed E-state index contributed by atoms with van der Waals surface area (Å²) in [7, 11) is 0. The van der Waals surface area contributed by atoms with Crippen molar-refractivity contribution >= 4 is 5.78 Å². The van der Waals surface area contributed by atoms with Gasteiger partial charge in [0.05, 0.1) is 12.0 Å². The molecule has 0 radical (unpaired) electrons. The van der Waals surface area contributed by atoms with E-state index in [0.29, 0.717) is 12.0 Å². The molecule has 2 bridgehead atoms. The first-order valence-electron chi connectivity index (χ1n) is 9.09. The molecule has 4 N–H and O–H groups in total. The first-order chi connectivity index (χ1) is 11.5. The van der Waals surface area contributed by atoms with Gasteiger partial charge in [-0.3, -0.25) is 4.79 Å². The van der Waals surface area contributed by atoms with Gasteiger partial charge in [-0.15, -0.1) is 0 Å². The Hall–Kier alpha value is -1.01. The Bertz CT molecular complexity index is 663. The third-order valence-electron chi connectivity index (χ3n) is 7.54. The first-order valence-corrected chi connectivity index (χ1v) is 9.09. The van der Waals surface area contributed by atoms with E-state index < -0.39 is 41.2 Å². The Morgan fingerprint density at radius 2 is 1.76 bits per heavy atom. The minimum atomic E-state index is -2.06. The molecule has 3 unspecified atom stereocenters. The van der Waals surface area contributed by atoms with Crippen LogP contribution in [-0.4, -0.2) is 50.6 Å². The second-order valence-corrected chi connectivity index (χ2v) is 8.99. The van der Waals surface area contributed by atoms with Gasteiger partial charge in [-0.25, -0.2) is 0 Å². The fraction of sp³-hybridized carbons (Fsp3) is 0.750. The van der Waals surface area contributed by atoms with Crippen LogP contribution in [0.1, 0.15) is 41.0 Å². The summed E-state index contributed by atoms with van der Waals surface area (Å²) in [5, 5.41) is 43.1. The zero-order valence-corrected chi connectivity index (χ0v) is 15.7. The molecule has 0 heterocycles. The Morgan fingerprint density at radius 1 is 1.16 bits per heavy atom. The van der Waals surface area contributed by atoms with E-state index in [2.05, 4.69) is 6.92 Å². The summed E-state index contributed by atoms with van der Waals surface area (Å²) in [5.74, 6) is -0.779. The van der Waals surface area contributed by atoms with Crippen molar-refractivity contribution in [2.75, 3.05) is 6.61 Å². The fourth-order valence-electron chi connectivity index (χ4n) is 5.49. The summed E-state index contributed by atoms with van der Waals surface area (Å²) < 4.78 is 0. The van der Waals surface area contributed by atoms with Gasteiger partial charge in [-0.2, -0.15) is 0 Å². The Balaban J connectivity index is 2.38. The van der Waals surface area contributed by atoms with Crippen LogP contribution in [0.4, 0.5) is 0 Å². The number of hydrogen-bond acceptors (Lipinski definition) is 5. The number of carbonyl (C=O) groups is 1. The second kappa shape index (κ2) is 5.49. The predicted molar refractivity (Wildman–Crippen MR) is 93.5 cm³/mol. The van der Waals surface area contributed by atoms with Crippen molar-refractivity contribution in [3.63, 3.8) is 0 Å². The maximum absolute atomic E-state index is 13.8. The predicted octanol–water partition coefficient (Wildman–Crippen LogP) is 1.21. The number of aliphatic hydroxyl groups excluding tert-OH is 3. The van der Waals surface area contributed by atoms with Crippen LogP contribution in [0, 0.1) is 28.6 Å². The molecule has 3 aliphatic carbocycles. The first kappa shape index (κ1) is 18.8. The van der Waals surface area contributed by atoms with Crippen LogP contribution in [0.25, 0.3) is 0 Å². The zero-order valence-electron chi connectivity index (χ0n) is 15.7. The number of Topliss-reactive ketones (excluding diaryl/α,β-unsaturated/α-hetero) is 1. The monoisotopic (exact) mass is 350 g/mol. The number of aliphatic hydroxyl groups is 4. The van der Waals surface area contributed by atoms with Crippen LogP contribution in [0.15, 0.2) is 23.3 Å². The number of ketones is 1. The van der Waals surface area contributed by atoms with Crippen LogP contribution in [-0.2, 0) is 4.79 Å². The molecular formula is C20H30O5. The van der Waals surface area contributed by atoms with Crippen molar-refractivity contribution < 1.29 is 25.2 Å². The van der Waals surface area contributed by atoms with Gasteiger partial charge in [-0.05, 0) is 41.7 Å².